The first kappa shape index (κ1) is 25.1. The van der Waals surface area contributed by atoms with Gasteiger partial charge < -0.3 is 14.3 Å². The Labute approximate surface area is 232 Å². The van der Waals surface area contributed by atoms with Crippen LogP contribution in [0, 0.1) is 20.8 Å². The maximum atomic E-state index is 6.13. The lowest BCUT2D eigenvalue weighted by Crippen LogP contribution is -2.50. The monoisotopic (exact) mass is 530 g/mol. The highest BCUT2D eigenvalue weighted by Crippen LogP contribution is 2.20. The van der Waals surface area contributed by atoms with Crippen molar-refractivity contribution in [2.75, 3.05) is 0 Å². The molecular weight excluding hydrogens is 503 g/mol. The van der Waals surface area contributed by atoms with Crippen LogP contribution in [-0.4, -0.2) is 37.2 Å². The summed E-state index contributed by atoms with van der Waals surface area (Å²) in [7, 11) is -1.29. The Morgan fingerprint density at radius 3 is 1.00 bits per heavy atom. The van der Waals surface area contributed by atoms with Crippen molar-refractivity contribution in [3.63, 3.8) is 0 Å². The minimum absolute atomic E-state index is 0.764. The van der Waals surface area contributed by atoms with Gasteiger partial charge in [0, 0.05) is 16.7 Å². The molecule has 0 fully saturated rings. The van der Waals surface area contributed by atoms with Crippen molar-refractivity contribution in [3.05, 3.63) is 126 Å². The molecule has 40 heavy (non-hydrogen) atoms. The van der Waals surface area contributed by atoms with Gasteiger partial charge in [0.15, 0.2) is 0 Å². The van der Waals surface area contributed by atoms with Crippen molar-refractivity contribution in [2.24, 2.45) is 0 Å². The van der Waals surface area contributed by atoms with Gasteiger partial charge in [-0.3, -0.25) is 0 Å². The minimum Gasteiger partial charge on any atom is -0.380 e. The van der Waals surface area contributed by atoms with E-state index < -0.39 is 7.32 Å². The van der Waals surface area contributed by atoms with Crippen molar-refractivity contribution >= 4 is 7.32 Å². The minimum atomic E-state index is -1.29. The van der Waals surface area contributed by atoms with Crippen LogP contribution >= 0.6 is 0 Å². The highest BCUT2D eigenvalue weighted by molar-refractivity contribution is 6.37. The van der Waals surface area contributed by atoms with E-state index in [1.165, 1.54) is 14.5 Å². The number of benzene rings is 3. The fourth-order valence-electron chi connectivity index (χ4n) is 4.25. The zero-order valence-corrected chi connectivity index (χ0v) is 22.4. The fourth-order valence-corrected chi connectivity index (χ4v) is 4.25. The largest absolute Gasteiger partial charge is 0.929 e. The maximum Gasteiger partial charge on any atom is 0.929 e. The Morgan fingerprint density at radius 1 is 0.450 bits per heavy atom. The highest BCUT2D eigenvalue weighted by atomic mass is 16.9. The molecular formula is C30H27BN6O3. The number of aryl methyl sites for hydroxylation is 3. The van der Waals surface area contributed by atoms with E-state index in [4.69, 9.17) is 14.3 Å². The van der Waals surface area contributed by atoms with Gasteiger partial charge in [-0.1, -0.05) is 91.0 Å². The van der Waals surface area contributed by atoms with E-state index in [1.54, 1.807) is 0 Å². The number of hydrogen-bond donors (Lipinski definition) is 0. The predicted molar refractivity (Wildman–Crippen MR) is 153 cm³/mol. The average molecular weight is 530 g/mol. The third-order valence-corrected chi connectivity index (χ3v) is 6.30. The Bertz CT molecular complexity index is 1510. The van der Waals surface area contributed by atoms with Crippen LogP contribution < -0.4 is 14.3 Å². The standard InChI is InChI=1S/C30H27BN6O3/c1-22-19-28(25-13-7-4-8-14-25)32-35(22)38-31(39-36-23(2)20-29(33-36)26-15-9-5-10-16-26)40-37-24(3)21-30(34-37)27-17-11-6-12-18-27/h4-21H,1-3H3. The molecule has 0 unspecified atom stereocenters. The summed E-state index contributed by atoms with van der Waals surface area (Å²) >= 11 is 0. The Kier molecular flexibility index (Phi) is 6.80. The third kappa shape index (κ3) is 5.33. The van der Waals surface area contributed by atoms with Gasteiger partial charge in [-0.25, -0.2) is 0 Å². The molecule has 0 aliphatic rings. The number of aromatic nitrogens is 6. The highest BCUT2D eigenvalue weighted by Gasteiger charge is 2.36. The second kappa shape index (κ2) is 10.9. The SMILES string of the molecule is Cc1cc(-c2ccccc2)nn1OB(On1nc(-c2ccccc2)cc1C)On1nc(-c2ccccc2)cc1C. The molecule has 0 atom stereocenters. The first-order valence-electron chi connectivity index (χ1n) is 12.9. The molecule has 0 radical (unpaired) electrons. The van der Waals surface area contributed by atoms with Crippen LogP contribution in [-0.2, 0) is 0 Å². The number of nitrogens with zero attached hydrogens (tertiary/aromatic N) is 6. The van der Waals surface area contributed by atoms with Crippen LogP contribution in [0.4, 0.5) is 0 Å². The van der Waals surface area contributed by atoms with E-state index >= 15 is 0 Å². The van der Waals surface area contributed by atoms with E-state index in [-0.39, 0.29) is 0 Å². The average Bonchev–Trinajstić information content (AvgIpc) is 3.66. The van der Waals surface area contributed by atoms with E-state index in [0.29, 0.717) is 0 Å². The Balaban J connectivity index is 1.31. The molecule has 0 bridgehead atoms. The van der Waals surface area contributed by atoms with Crippen LogP contribution in [0.5, 0.6) is 0 Å². The lowest BCUT2D eigenvalue weighted by Gasteiger charge is -2.16. The van der Waals surface area contributed by atoms with Crippen molar-refractivity contribution < 1.29 is 14.3 Å². The molecule has 3 aromatic carbocycles. The Hall–Kier alpha value is -5.25. The van der Waals surface area contributed by atoms with E-state index in [2.05, 4.69) is 15.3 Å². The molecule has 198 valence electrons. The maximum absolute atomic E-state index is 6.13. The fraction of sp³-hybridized carbons (Fsp3) is 0.100. The number of hydrogen-bond acceptors (Lipinski definition) is 6. The topological polar surface area (TPSA) is 81.1 Å². The van der Waals surface area contributed by atoms with Crippen molar-refractivity contribution in [1.29, 1.82) is 0 Å². The van der Waals surface area contributed by atoms with Crippen molar-refractivity contribution in [3.8, 4) is 33.8 Å². The molecule has 0 aliphatic heterocycles. The lowest BCUT2D eigenvalue weighted by molar-refractivity contribution is 0.0361. The summed E-state index contributed by atoms with van der Waals surface area (Å²) in [5, 5.41) is 13.9. The van der Waals surface area contributed by atoms with Gasteiger partial charge in [-0.2, -0.15) is 0 Å². The van der Waals surface area contributed by atoms with Crippen LogP contribution in [0.1, 0.15) is 17.1 Å². The second-order valence-electron chi connectivity index (χ2n) is 9.33. The van der Waals surface area contributed by atoms with Crippen molar-refractivity contribution in [2.45, 2.75) is 20.8 Å². The first-order valence-corrected chi connectivity index (χ1v) is 12.9. The molecule has 0 aliphatic carbocycles. The van der Waals surface area contributed by atoms with Gasteiger partial charge in [-0.05, 0) is 39.0 Å². The summed E-state index contributed by atoms with van der Waals surface area (Å²) in [6, 6.07) is 35.5. The van der Waals surface area contributed by atoms with Gasteiger partial charge in [0.2, 0.25) is 0 Å². The molecule has 3 heterocycles. The summed E-state index contributed by atoms with van der Waals surface area (Å²) in [6.45, 7) is 5.70. The van der Waals surface area contributed by atoms with Crippen LogP contribution in [0.3, 0.4) is 0 Å². The molecule has 0 saturated heterocycles. The van der Waals surface area contributed by atoms with E-state index in [9.17, 15) is 0 Å². The second-order valence-corrected chi connectivity index (χ2v) is 9.33. The normalized spacial score (nSPS) is 10.9. The summed E-state index contributed by atoms with van der Waals surface area (Å²) in [6.07, 6.45) is 0. The predicted octanol–water partition coefficient (Wildman–Crippen LogP) is 4.87. The molecule has 0 spiro atoms. The molecule has 10 heteroatoms. The van der Waals surface area contributed by atoms with E-state index in [0.717, 1.165) is 50.9 Å². The van der Waals surface area contributed by atoms with Gasteiger partial charge in [0.1, 0.15) is 0 Å². The van der Waals surface area contributed by atoms with Crippen LogP contribution in [0.25, 0.3) is 33.8 Å². The lowest BCUT2D eigenvalue weighted by atomic mass is 10.1. The third-order valence-electron chi connectivity index (χ3n) is 6.30. The summed E-state index contributed by atoms with van der Waals surface area (Å²) in [5.41, 5.74) is 7.49. The van der Waals surface area contributed by atoms with Gasteiger partial charge in [0.05, 0.1) is 34.2 Å². The molecule has 6 aromatic rings. The zero-order valence-electron chi connectivity index (χ0n) is 22.4. The van der Waals surface area contributed by atoms with Gasteiger partial charge in [-0.15, -0.1) is 29.8 Å². The summed E-state index contributed by atoms with van der Waals surface area (Å²) in [5.74, 6) is 0. The molecule has 0 amide bonds. The molecule has 6 rings (SSSR count). The quantitative estimate of drug-likeness (QED) is 0.248. The molecule has 3 aromatic heterocycles. The molecule has 0 N–H and O–H groups in total. The van der Waals surface area contributed by atoms with Crippen LogP contribution in [0.15, 0.2) is 109 Å². The zero-order chi connectivity index (χ0) is 27.5. The molecule has 0 saturated carbocycles. The number of rotatable bonds is 9. The summed E-state index contributed by atoms with van der Waals surface area (Å²) in [4.78, 5) is 4.17. The molecule has 9 nitrogen and oxygen atoms in total. The van der Waals surface area contributed by atoms with Crippen LogP contribution in [0.2, 0.25) is 0 Å². The van der Waals surface area contributed by atoms with Crippen molar-refractivity contribution in [1.82, 2.24) is 29.8 Å². The Morgan fingerprint density at radius 2 is 0.725 bits per heavy atom. The summed E-state index contributed by atoms with van der Waals surface area (Å²) < 4.78 is 18.4. The van der Waals surface area contributed by atoms with Gasteiger partial charge in [0.25, 0.3) is 0 Å². The van der Waals surface area contributed by atoms with Gasteiger partial charge >= 0.3 is 7.32 Å². The first-order chi connectivity index (χ1) is 19.5. The smallest absolute Gasteiger partial charge is 0.380 e. The van der Waals surface area contributed by atoms with E-state index in [1.807, 2.05) is 130 Å².